The summed E-state index contributed by atoms with van der Waals surface area (Å²) >= 11 is 0. The SMILES string of the molecule is Cc1noc(C)c1C(=O)N1CC[C@@H]2OCC(=O)N(C)C[C@H]2C1. The number of amides is 2. The number of aryl methyl sites for hydroxylation is 2. The molecular weight excluding hydrogens is 286 g/mol. The second-order valence-electron chi connectivity index (χ2n) is 6.12. The minimum Gasteiger partial charge on any atom is -0.368 e. The van der Waals surface area contributed by atoms with Crippen LogP contribution >= 0.6 is 0 Å². The van der Waals surface area contributed by atoms with E-state index < -0.39 is 0 Å². The molecule has 2 atom stereocenters. The fourth-order valence-electron chi connectivity index (χ4n) is 3.28. The van der Waals surface area contributed by atoms with Gasteiger partial charge in [-0.05, 0) is 20.3 Å². The average Bonchev–Trinajstić information content (AvgIpc) is 2.75. The Morgan fingerprint density at radius 2 is 2.09 bits per heavy atom. The van der Waals surface area contributed by atoms with Crippen molar-refractivity contribution in [3.8, 4) is 0 Å². The van der Waals surface area contributed by atoms with E-state index in [1.54, 1.807) is 25.8 Å². The van der Waals surface area contributed by atoms with E-state index in [1.807, 2.05) is 4.90 Å². The number of likely N-dealkylation sites (tertiary alicyclic amines) is 1. The lowest BCUT2D eigenvalue weighted by Crippen LogP contribution is -2.49. The van der Waals surface area contributed by atoms with E-state index in [9.17, 15) is 9.59 Å². The van der Waals surface area contributed by atoms with Crippen molar-refractivity contribution in [3.05, 3.63) is 17.0 Å². The molecule has 3 heterocycles. The molecule has 7 heteroatoms. The highest BCUT2D eigenvalue weighted by molar-refractivity contribution is 5.96. The summed E-state index contributed by atoms with van der Waals surface area (Å²) in [6, 6.07) is 0. The number of carbonyl (C=O) groups is 2. The molecule has 2 aliphatic heterocycles. The van der Waals surface area contributed by atoms with E-state index in [1.165, 1.54) is 0 Å². The van der Waals surface area contributed by atoms with Crippen molar-refractivity contribution < 1.29 is 18.8 Å². The summed E-state index contributed by atoms with van der Waals surface area (Å²) in [7, 11) is 1.78. The number of fused-ring (bicyclic) bond motifs is 1. The zero-order chi connectivity index (χ0) is 15.9. The van der Waals surface area contributed by atoms with Gasteiger partial charge in [-0.15, -0.1) is 0 Å². The molecule has 3 rings (SSSR count). The van der Waals surface area contributed by atoms with Crippen molar-refractivity contribution >= 4 is 11.8 Å². The summed E-state index contributed by atoms with van der Waals surface area (Å²) in [6.45, 7) is 5.50. The number of rotatable bonds is 1. The molecule has 0 bridgehead atoms. The summed E-state index contributed by atoms with van der Waals surface area (Å²) in [5.41, 5.74) is 1.17. The van der Waals surface area contributed by atoms with Crippen LogP contribution in [0.25, 0.3) is 0 Å². The molecule has 0 radical (unpaired) electrons. The molecule has 2 fully saturated rings. The van der Waals surface area contributed by atoms with Gasteiger partial charge in [-0.3, -0.25) is 9.59 Å². The van der Waals surface area contributed by atoms with Gasteiger partial charge in [0.05, 0.1) is 11.8 Å². The quantitative estimate of drug-likeness (QED) is 0.760. The van der Waals surface area contributed by atoms with Crippen LogP contribution in [0.15, 0.2) is 4.52 Å². The van der Waals surface area contributed by atoms with Crippen LogP contribution in [-0.4, -0.2) is 66.2 Å². The number of carbonyl (C=O) groups excluding carboxylic acids is 2. The topological polar surface area (TPSA) is 75.9 Å². The van der Waals surface area contributed by atoms with E-state index in [0.717, 1.165) is 6.42 Å². The van der Waals surface area contributed by atoms with E-state index in [2.05, 4.69) is 5.16 Å². The molecule has 22 heavy (non-hydrogen) atoms. The Morgan fingerprint density at radius 3 is 2.77 bits per heavy atom. The molecule has 0 saturated carbocycles. The van der Waals surface area contributed by atoms with Gasteiger partial charge in [0.1, 0.15) is 17.9 Å². The molecule has 0 N–H and O–H groups in total. The van der Waals surface area contributed by atoms with Gasteiger partial charge in [0.15, 0.2) is 0 Å². The molecule has 1 aromatic rings. The normalized spacial score (nSPS) is 25.9. The number of hydrogen-bond acceptors (Lipinski definition) is 5. The molecule has 2 aliphatic rings. The van der Waals surface area contributed by atoms with E-state index in [0.29, 0.717) is 36.7 Å². The fourth-order valence-corrected chi connectivity index (χ4v) is 3.28. The molecule has 0 aliphatic carbocycles. The van der Waals surface area contributed by atoms with Crippen LogP contribution in [0, 0.1) is 19.8 Å². The third kappa shape index (κ3) is 2.61. The summed E-state index contributed by atoms with van der Waals surface area (Å²) in [4.78, 5) is 28.0. The molecule has 1 aromatic heterocycles. The molecule has 0 aromatic carbocycles. The second kappa shape index (κ2) is 5.72. The smallest absolute Gasteiger partial charge is 0.259 e. The Kier molecular flexibility index (Phi) is 3.90. The maximum atomic E-state index is 12.7. The van der Waals surface area contributed by atoms with Crippen LogP contribution in [0.3, 0.4) is 0 Å². The lowest BCUT2D eigenvalue weighted by molar-refractivity contribution is -0.133. The average molecular weight is 307 g/mol. The monoisotopic (exact) mass is 307 g/mol. The van der Waals surface area contributed by atoms with Crippen molar-refractivity contribution in [3.63, 3.8) is 0 Å². The van der Waals surface area contributed by atoms with Crippen molar-refractivity contribution in [1.82, 2.24) is 15.0 Å². The predicted molar refractivity (Wildman–Crippen MR) is 77.4 cm³/mol. The standard InChI is InChI=1S/C15H21N3O4/c1-9-14(10(2)22-16-9)15(20)18-5-4-12-11(7-18)6-17(3)13(19)8-21-12/h11-12H,4-8H2,1-3H3/t11-,12-/m0/s1. The largest absolute Gasteiger partial charge is 0.368 e. The Morgan fingerprint density at radius 1 is 1.32 bits per heavy atom. The van der Waals surface area contributed by atoms with E-state index >= 15 is 0 Å². The Hall–Kier alpha value is -1.89. The lowest BCUT2D eigenvalue weighted by Gasteiger charge is -2.37. The second-order valence-corrected chi connectivity index (χ2v) is 6.12. The van der Waals surface area contributed by atoms with Gasteiger partial charge in [-0.1, -0.05) is 5.16 Å². The van der Waals surface area contributed by atoms with Gasteiger partial charge in [-0.25, -0.2) is 0 Å². The Labute approximate surface area is 129 Å². The van der Waals surface area contributed by atoms with Crippen LogP contribution in [-0.2, 0) is 9.53 Å². The van der Waals surface area contributed by atoms with Crippen LogP contribution in [0.1, 0.15) is 28.2 Å². The number of nitrogens with zero attached hydrogens (tertiary/aromatic N) is 3. The van der Waals surface area contributed by atoms with Crippen LogP contribution in [0.4, 0.5) is 0 Å². The first-order chi connectivity index (χ1) is 10.5. The Bertz CT molecular complexity index is 578. The van der Waals surface area contributed by atoms with Gasteiger partial charge >= 0.3 is 0 Å². The molecule has 2 saturated heterocycles. The first-order valence-corrected chi connectivity index (χ1v) is 7.55. The minimum absolute atomic E-state index is 0.00185. The number of likely N-dealkylation sites (N-methyl/N-ethyl adjacent to an activating group) is 1. The molecule has 2 amide bonds. The molecular formula is C15H21N3O4. The predicted octanol–water partition coefficient (Wildman–Crippen LogP) is 0.611. The molecule has 0 unspecified atom stereocenters. The number of piperidine rings is 1. The van der Waals surface area contributed by atoms with E-state index in [4.69, 9.17) is 9.26 Å². The zero-order valence-electron chi connectivity index (χ0n) is 13.2. The highest BCUT2D eigenvalue weighted by atomic mass is 16.5. The summed E-state index contributed by atoms with van der Waals surface area (Å²) < 4.78 is 10.8. The van der Waals surface area contributed by atoms with Crippen LogP contribution in [0.5, 0.6) is 0 Å². The third-order valence-electron chi connectivity index (χ3n) is 4.55. The van der Waals surface area contributed by atoms with Gasteiger partial charge in [-0.2, -0.15) is 0 Å². The first-order valence-electron chi connectivity index (χ1n) is 7.55. The van der Waals surface area contributed by atoms with Crippen molar-refractivity contribution in [2.45, 2.75) is 26.4 Å². The van der Waals surface area contributed by atoms with Crippen molar-refractivity contribution in [2.24, 2.45) is 5.92 Å². The summed E-state index contributed by atoms with van der Waals surface area (Å²) in [5.74, 6) is 0.648. The van der Waals surface area contributed by atoms with Gasteiger partial charge in [0.25, 0.3) is 5.91 Å². The van der Waals surface area contributed by atoms with E-state index in [-0.39, 0.29) is 30.4 Å². The number of hydrogen-bond donors (Lipinski definition) is 0. The van der Waals surface area contributed by atoms with Crippen LogP contribution in [0.2, 0.25) is 0 Å². The summed E-state index contributed by atoms with van der Waals surface area (Å²) in [5, 5.41) is 3.85. The lowest BCUT2D eigenvalue weighted by atomic mass is 9.93. The minimum atomic E-state index is -0.0482. The molecule has 7 nitrogen and oxygen atoms in total. The fraction of sp³-hybridized carbons (Fsp3) is 0.667. The van der Waals surface area contributed by atoms with Gasteiger partial charge in [0.2, 0.25) is 5.91 Å². The third-order valence-corrected chi connectivity index (χ3v) is 4.55. The van der Waals surface area contributed by atoms with Crippen LogP contribution < -0.4 is 0 Å². The number of ether oxygens (including phenoxy) is 1. The summed E-state index contributed by atoms with van der Waals surface area (Å²) in [6.07, 6.45) is 0.795. The highest BCUT2D eigenvalue weighted by Crippen LogP contribution is 2.26. The Balaban J connectivity index is 1.75. The van der Waals surface area contributed by atoms with Gasteiger partial charge in [0, 0.05) is 32.6 Å². The van der Waals surface area contributed by atoms with Crippen molar-refractivity contribution in [1.29, 1.82) is 0 Å². The van der Waals surface area contributed by atoms with Gasteiger partial charge < -0.3 is 19.1 Å². The molecule has 0 spiro atoms. The maximum Gasteiger partial charge on any atom is 0.259 e. The highest BCUT2D eigenvalue weighted by Gasteiger charge is 2.37. The molecule has 120 valence electrons. The maximum absolute atomic E-state index is 12.7. The zero-order valence-corrected chi connectivity index (χ0v) is 13.2. The number of aromatic nitrogens is 1. The first kappa shape index (κ1) is 15.0. The van der Waals surface area contributed by atoms with Crippen molar-refractivity contribution in [2.75, 3.05) is 33.3 Å².